The van der Waals surface area contributed by atoms with Gasteiger partial charge >= 0.3 is 37.6 Å². The Hall–Kier alpha value is -2.35. The molecule has 17 heteroatoms. The molecule has 1 N–H and O–H groups in total. The van der Waals surface area contributed by atoms with Crippen molar-refractivity contribution in [1.29, 1.82) is 0 Å². The van der Waals surface area contributed by atoms with E-state index in [0.717, 1.165) is 57.8 Å². The molecule has 0 bridgehead atoms. The van der Waals surface area contributed by atoms with Gasteiger partial charge in [-0.25, -0.2) is 9.36 Å². The Balaban J connectivity index is 4.41. The van der Waals surface area contributed by atoms with E-state index in [1.165, 1.54) is 57.8 Å². The number of hydrogen-bond acceptors (Lipinski definition) is 9. The molecule has 0 radical (unpaired) electrons. The number of hydrogen-bond donors (Lipinski definition) is 1. The summed E-state index contributed by atoms with van der Waals surface area (Å²) in [5.74, 6) is -2.69. The normalized spacial score (nSPS) is 13.4. The molecule has 0 rings (SSSR count). The molecule has 0 saturated carbocycles. The molecule has 0 aliphatic carbocycles. The fraction of sp³-hybridized carbons (Fsp3) is 0.897. The monoisotopic (exact) mass is 830 g/mol. The number of phosphoric ester groups is 1. The number of nitrogens with zero attached hydrogens (tertiary/aromatic N) is 3. The summed E-state index contributed by atoms with van der Waals surface area (Å²) in [7, 11) is 1.28. The second-order valence-corrected chi connectivity index (χ2v) is 16.9. The van der Waals surface area contributed by atoms with E-state index in [4.69, 9.17) is 24.1 Å². The Kier molecular flexibility index (Phi) is 31.2. The first-order valence-electron chi connectivity index (χ1n) is 20.7. The molecule has 2 atom stereocenters. The highest BCUT2D eigenvalue weighted by Gasteiger charge is 2.51. The van der Waals surface area contributed by atoms with Crippen LogP contribution in [0.3, 0.4) is 0 Å². The zero-order chi connectivity index (χ0) is 42.1. The highest BCUT2D eigenvalue weighted by atomic mass is 31.2. The fourth-order valence-corrected chi connectivity index (χ4v) is 6.35. The van der Waals surface area contributed by atoms with E-state index in [0.29, 0.717) is 36.7 Å². The predicted octanol–water partition coefficient (Wildman–Crippen LogP) is 9.44. The van der Waals surface area contributed by atoms with Crippen LogP contribution in [-0.4, -0.2) is 104 Å². The third-order valence-corrected chi connectivity index (χ3v) is 9.96. The van der Waals surface area contributed by atoms with Crippen molar-refractivity contribution in [2.45, 2.75) is 173 Å². The molecular weight excluding hydrogens is 758 g/mol. The summed E-state index contributed by atoms with van der Waals surface area (Å²) in [5, 5.41) is 0. The largest absolute Gasteiger partial charge is 0.503 e. The van der Waals surface area contributed by atoms with Crippen LogP contribution in [0.15, 0.2) is 0 Å². The number of alkyl halides is 3. The molecule has 1 unspecified atom stereocenters. The molecule has 0 spiro atoms. The maximum absolute atomic E-state index is 12.6. The number of halogens is 3. The second-order valence-electron chi connectivity index (χ2n) is 15.4. The van der Waals surface area contributed by atoms with Crippen molar-refractivity contribution in [1.82, 2.24) is 0 Å². The summed E-state index contributed by atoms with van der Waals surface area (Å²) in [6.45, 7) is 1.67. The van der Waals surface area contributed by atoms with Crippen LogP contribution in [-0.2, 0) is 42.2 Å². The minimum atomic E-state index is -5.08. The molecule has 0 aromatic heterocycles. The first kappa shape index (κ1) is 53.6. The van der Waals surface area contributed by atoms with E-state index in [2.05, 4.69) is 11.7 Å². The minimum Gasteiger partial charge on any atom is -0.462 e. The average molecular weight is 831 g/mol. The molecular formula is C39H72F3N3O10P+. The van der Waals surface area contributed by atoms with Gasteiger partial charge in [0.05, 0.1) is 34.4 Å². The minimum absolute atomic E-state index is 0.0236. The maximum atomic E-state index is 12.6. The molecule has 0 aromatic rings. The number of phosphoric acid groups is 1. The topological polar surface area (TPSA) is 171 Å². The standard InChI is InChI=1S/C39H71F3N3O10P/c1-5-6-7-8-9-10-11-12-13-15-18-21-24-27-35(46)52-32-34(33-54-56(49,50)53-31-29-45(2,3)4)55-36(47)28-25-22-19-16-14-17-20-23-26-30-51-38(48)37(44-43)39(40,41)42/h34H,5-33H2,1-4H3/p+1/t34-/m1/s1. The summed E-state index contributed by atoms with van der Waals surface area (Å²) < 4.78 is 76.0. The average Bonchev–Trinajstić information content (AvgIpc) is 3.10. The Morgan fingerprint density at radius 3 is 1.55 bits per heavy atom. The number of likely N-dealkylation sites (N-methyl/N-ethyl adjacent to an activating group) is 1. The fourth-order valence-electron chi connectivity index (χ4n) is 5.61. The number of carbonyl (C=O) groups is 3. The van der Waals surface area contributed by atoms with E-state index < -0.39 is 50.3 Å². The third-order valence-electron chi connectivity index (χ3n) is 8.97. The van der Waals surface area contributed by atoms with Crippen LogP contribution in [0, 0.1) is 0 Å². The number of esters is 3. The zero-order valence-corrected chi connectivity index (χ0v) is 35.5. The van der Waals surface area contributed by atoms with Gasteiger partial charge in [0.15, 0.2) is 6.10 Å². The van der Waals surface area contributed by atoms with Crippen LogP contribution in [0.25, 0.3) is 5.53 Å². The Labute approximate surface area is 333 Å². The first-order valence-corrected chi connectivity index (χ1v) is 22.2. The summed E-state index contributed by atoms with van der Waals surface area (Å²) in [4.78, 5) is 48.5. The summed E-state index contributed by atoms with van der Waals surface area (Å²) in [6.07, 6.45) is 16.4. The predicted molar refractivity (Wildman–Crippen MR) is 208 cm³/mol. The molecule has 0 saturated heterocycles. The quantitative estimate of drug-likeness (QED) is 0.00930. The Morgan fingerprint density at radius 1 is 0.661 bits per heavy atom. The van der Waals surface area contributed by atoms with E-state index in [1.807, 2.05) is 25.9 Å². The molecule has 0 aliphatic rings. The summed E-state index contributed by atoms with van der Waals surface area (Å²) in [6, 6.07) is 0. The first-order chi connectivity index (χ1) is 26.5. The van der Waals surface area contributed by atoms with Crippen molar-refractivity contribution >= 4 is 31.4 Å². The molecule has 13 nitrogen and oxygen atoms in total. The molecule has 0 aromatic carbocycles. The molecule has 0 fully saturated rings. The van der Waals surface area contributed by atoms with E-state index in [1.54, 1.807) is 0 Å². The van der Waals surface area contributed by atoms with Crippen molar-refractivity contribution in [2.24, 2.45) is 0 Å². The molecule has 0 heterocycles. The summed E-state index contributed by atoms with van der Waals surface area (Å²) >= 11 is 0. The van der Waals surface area contributed by atoms with Gasteiger partial charge in [0.2, 0.25) is 0 Å². The van der Waals surface area contributed by atoms with Gasteiger partial charge in [0.25, 0.3) is 0 Å². The van der Waals surface area contributed by atoms with Crippen molar-refractivity contribution in [3.63, 3.8) is 0 Å². The van der Waals surface area contributed by atoms with Gasteiger partial charge in [-0.1, -0.05) is 129 Å². The van der Waals surface area contributed by atoms with Crippen LogP contribution in [0.4, 0.5) is 13.2 Å². The van der Waals surface area contributed by atoms with Crippen LogP contribution >= 0.6 is 7.82 Å². The van der Waals surface area contributed by atoms with Crippen molar-refractivity contribution in [3.8, 4) is 0 Å². The lowest BCUT2D eigenvalue weighted by atomic mass is 10.0. The smallest absolute Gasteiger partial charge is 0.462 e. The van der Waals surface area contributed by atoms with Gasteiger partial charge in [-0.2, -0.15) is 18.0 Å². The van der Waals surface area contributed by atoms with E-state index in [-0.39, 0.29) is 32.7 Å². The van der Waals surface area contributed by atoms with Gasteiger partial charge in [-0.05, 0) is 19.3 Å². The van der Waals surface area contributed by atoms with Crippen molar-refractivity contribution in [3.05, 3.63) is 5.53 Å². The van der Waals surface area contributed by atoms with Crippen molar-refractivity contribution < 1.29 is 69.5 Å². The third kappa shape index (κ3) is 33.8. The van der Waals surface area contributed by atoms with Crippen LogP contribution in [0.2, 0.25) is 0 Å². The van der Waals surface area contributed by atoms with E-state index in [9.17, 15) is 37.0 Å². The molecule has 56 heavy (non-hydrogen) atoms. The van der Waals surface area contributed by atoms with Gasteiger partial charge in [0.1, 0.15) is 19.8 Å². The van der Waals surface area contributed by atoms with Gasteiger partial charge < -0.3 is 29.1 Å². The Morgan fingerprint density at radius 2 is 1.11 bits per heavy atom. The lowest BCUT2D eigenvalue weighted by molar-refractivity contribution is -0.870. The molecule has 0 aliphatic heterocycles. The SMILES string of the molecule is CCCCCCCCCCCCCCCC(=O)OC[C@H](COP(=O)(O)OCC[N+](C)(C)C)OC(=O)CCCCCCCCCCCOC(=O)C(=[N+]=[N-])C(F)(F)F. The Bertz CT molecular complexity index is 1160. The van der Waals surface area contributed by atoms with Gasteiger partial charge in [0, 0.05) is 12.8 Å². The highest BCUT2D eigenvalue weighted by molar-refractivity contribution is 7.47. The number of unbranched alkanes of at least 4 members (excludes halogenated alkanes) is 20. The lowest BCUT2D eigenvalue weighted by Crippen LogP contribution is -2.37. The van der Waals surface area contributed by atoms with Gasteiger partial charge in [-0.3, -0.25) is 18.6 Å². The van der Waals surface area contributed by atoms with Crippen molar-refractivity contribution in [2.75, 3.05) is 54.1 Å². The second kappa shape index (κ2) is 32.6. The maximum Gasteiger partial charge on any atom is 0.503 e. The highest BCUT2D eigenvalue weighted by Crippen LogP contribution is 2.43. The lowest BCUT2D eigenvalue weighted by Gasteiger charge is -2.24. The van der Waals surface area contributed by atoms with Crippen LogP contribution < -0.4 is 0 Å². The molecule has 0 amide bonds. The van der Waals surface area contributed by atoms with Crippen LogP contribution in [0.5, 0.6) is 0 Å². The zero-order valence-electron chi connectivity index (χ0n) is 34.6. The van der Waals surface area contributed by atoms with Gasteiger partial charge in [-0.15, -0.1) is 0 Å². The summed E-state index contributed by atoms with van der Waals surface area (Å²) in [5.41, 5.74) is 6.38. The number of carbonyl (C=O) groups excluding carboxylic acids is 3. The van der Waals surface area contributed by atoms with E-state index >= 15 is 0 Å². The molecule has 328 valence electrons. The number of quaternary nitrogens is 1. The van der Waals surface area contributed by atoms with Crippen LogP contribution in [0.1, 0.15) is 161 Å². The number of ether oxygens (including phenoxy) is 3. The number of rotatable bonds is 37.